The molecule has 8 heteroatoms. The number of rotatable bonds is 6. The van der Waals surface area contributed by atoms with Crippen LogP contribution in [0.4, 0.5) is 0 Å². The van der Waals surface area contributed by atoms with E-state index in [1.165, 1.54) is 0 Å². The Hall–Kier alpha value is -1.21. The number of aromatic nitrogens is 2. The molecule has 1 amide bonds. The van der Waals surface area contributed by atoms with Gasteiger partial charge in [0.05, 0.1) is 12.1 Å². The van der Waals surface area contributed by atoms with Crippen LogP contribution in [0.3, 0.4) is 0 Å². The van der Waals surface area contributed by atoms with Gasteiger partial charge in [-0.15, -0.1) is 36.2 Å². The van der Waals surface area contributed by atoms with Crippen molar-refractivity contribution in [2.45, 2.75) is 32.2 Å². The Morgan fingerprint density at radius 2 is 2.28 bits per heavy atom. The molecule has 1 aliphatic rings. The minimum atomic E-state index is 0. The van der Waals surface area contributed by atoms with Crippen LogP contribution in [-0.2, 0) is 11.2 Å². The van der Waals surface area contributed by atoms with E-state index < -0.39 is 0 Å². The third-order valence-corrected chi connectivity index (χ3v) is 4.99. The van der Waals surface area contributed by atoms with E-state index in [2.05, 4.69) is 22.2 Å². The molecule has 1 saturated heterocycles. The molecule has 1 N–H and O–H groups in total. The molecule has 0 saturated carbocycles. The Balaban J connectivity index is 0.00000156. The van der Waals surface area contributed by atoms with Crippen LogP contribution in [0.25, 0.3) is 10.6 Å². The van der Waals surface area contributed by atoms with Crippen LogP contribution in [0.2, 0.25) is 0 Å². The number of pyridine rings is 1. The summed E-state index contributed by atoms with van der Waals surface area (Å²) in [7, 11) is 0. The first-order valence-corrected chi connectivity index (χ1v) is 9.01. The Labute approximate surface area is 165 Å². The van der Waals surface area contributed by atoms with Gasteiger partial charge in [0.1, 0.15) is 5.01 Å². The molecule has 2 aromatic heterocycles. The van der Waals surface area contributed by atoms with Crippen LogP contribution < -0.4 is 5.32 Å². The molecule has 0 spiro atoms. The van der Waals surface area contributed by atoms with Crippen molar-refractivity contribution in [3.8, 4) is 10.6 Å². The van der Waals surface area contributed by atoms with Gasteiger partial charge in [0.15, 0.2) is 0 Å². The van der Waals surface area contributed by atoms with Gasteiger partial charge in [-0.1, -0.05) is 6.92 Å². The molecule has 5 nitrogen and oxygen atoms in total. The highest BCUT2D eigenvalue weighted by atomic mass is 35.5. The first-order valence-electron chi connectivity index (χ1n) is 8.13. The number of nitrogens with zero attached hydrogens (tertiary/aromatic N) is 3. The third kappa shape index (κ3) is 5.64. The first-order chi connectivity index (χ1) is 11.3. The molecule has 1 fully saturated rings. The van der Waals surface area contributed by atoms with Gasteiger partial charge in [0.25, 0.3) is 0 Å². The molecular formula is C17H24Cl2N4OS. The summed E-state index contributed by atoms with van der Waals surface area (Å²) in [5.41, 5.74) is 1.85. The van der Waals surface area contributed by atoms with Crippen LogP contribution >= 0.6 is 36.2 Å². The standard InChI is InChI=1S/C17H22N4OS.2ClH/c1-2-8-21(15-5-7-19-11-15)16(22)9-14-12-23-17(20-14)13-4-3-6-18-10-13;;/h3-4,6,10,12,15,19H,2,5,7-9,11H2,1H3;2*1H. The Morgan fingerprint density at radius 3 is 2.92 bits per heavy atom. The van der Waals surface area contributed by atoms with Crippen molar-refractivity contribution in [1.82, 2.24) is 20.2 Å². The van der Waals surface area contributed by atoms with E-state index in [-0.39, 0.29) is 30.7 Å². The first kappa shape index (κ1) is 21.8. The van der Waals surface area contributed by atoms with Crippen molar-refractivity contribution in [2.24, 2.45) is 0 Å². The number of carbonyl (C=O) groups is 1. The maximum atomic E-state index is 12.7. The predicted octanol–water partition coefficient (Wildman–Crippen LogP) is 3.19. The Morgan fingerprint density at radius 1 is 1.44 bits per heavy atom. The number of hydrogen-bond donors (Lipinski definition) is 1. The topological polar surface area (TPSA) is 58.1 Å². The van der Waals surface area contributed by atoms with Gasteiger partial charge in [-0.3, -0.25) is 9.78 Å². The summed E-state index contributed by atoms with van der Waals surface area (Å²) in [4.78, 5) is 23.4. The lowest BCUT2D eigenvalue weighted by atomic mass is 10.2. The van der Waals surface area contributed by atoms with Gasteiger partial charge in [0, 0.05) is 42.5 Å². The lowest BCUT2D eigenvalue weighted by molar-refractivity contribution is -0.132. The van der Waals surface area contributed by atoms with Gasteiger partial charge in [0.2, 0.25) is 5.91 Å². The number of carbonyl (C=O) groups excluding carboxylic acids is 1. The van der Waals surface area contributed by atoms with Crippen molar-refractivity contribution in [3.05, 3.63) is 35.6 Å². The van der Waals surface area contributed by atoms with E-state index in [9.17, 15) is 4.79 Å². The molecule has 3 heterocycles. The van der Waals surface area contributed by atoms with Gasteiger partial charge >= 0.3 is 0 Å². The smallest absolute Gasteiger partial charge is 0.228 e. The van der Waals surface area contributed by atoms with Gasteiger partial charge < -0.3 is 10.2 Å². The molecule has 0 bridgehead atoms. The predicted molar refractivity (Wildman–Crippen MR) is 107 cm³/mol. The van der Waals surface area contributed by atoms with E-state index in [0.717, 1.165) is 48.7 Å². The van der Waals surface area contributed by atoms with Gasteiger partial charge in [-0.2, -0.15) is 0 Å². The highest BCUT2D eigenvalue weighted by molar-refractivity contribution is 7.13. The van der Waals surface area contributed by atoms with E-state index in [4.69, 9.17) is 0 Å². The average molecular weight is 403 g/mol. The SMILES string of the molecule is CCCN(C(=O)Cc1csc(-c2cccnc2)n1)C1CCNC1.Cl.Cl. The number of amides is 1. The summed E-state index contributed by atoms with van der Waals surface area (Å²) in [6.07, 6.45) is 5.97. The Bertz CT molecular complexity index is 647. The minimum Gasteiger partial charge on any atom is -0.338 e. The zero-order valence-corrected chi connectivity index (χ0v) is 16.6. The second kappa shape index (κ2) is 10.7. The van der Waals surface area contributed by atoms with Crippen LogP contribution in [0.5, 0.6) is 0 Å². The molecule has 0 radical (unpaired) electrons. The second-order valence-corrected chi connectivity index (χ2v) is 6.65. The van der Waals surface area contributed by atoms with Crippen molar-refractivity contribution < 1.29 is 4.79 Å². The molecule has 1 aliphatic heterocycles. The summed E-state index contributed by atoms with van der Waals surface area (Å²) < 4.78 is 0. The van der Waals surface area contributed by atoms with Gasteiger partial charge in [-0.25, -0.2) is 4.98 Å². The summed E-state index contributed by atoms with van der Waals surface area (Å²) >= 11 is 1.57. The molecule has 1 unspecified atom stereocenters. The fraction of sp³-hybridized carbons (Fsp3) is 0.471. The summed E-state index contributed by atoms with van der Waals surface area (Å²) in [5, 5.41) is 6.25. The van der Waals surface area contributed by atoms with E-state index in [1.54, 1.807) is 23.7 Å². The molecule has 1 atom stereocenters. The zero-order valence-electron chi connectivity index (χ0n) is 14.2. The van der Waals surface area contributed by atoms with Crippen LogP contribution in [0, 0.1) is 0 Å². The lowest BCUT2D eigenvalue weighted by Gasteiger charge is -2.28. The lowest BCUT2D eigenvalue weighted by Crippen LogP contribution is -2.42. The molecule has 25 heavy (non-hydrogen) atoms. The maximum Gasteiger partial charge on any atom is 0.228 e. The third-order valence-electron chi connectivity index (χ3n) is 4.05. The fourth-order valence-electron chi connectivity index (χ4n) is 2.92. The monoisotopic (exact) mass is 402 g/mol. The highest BCUT2D eigenvalue weighted by Gasteiger charge is 2.26. The summed E-state index contributed by atoms with van der Waals surface area (Å²) in [5.74, 6) is 0.184. The highest BCUT2D eigenvalue weighted by Crippen LogP contribution is 2.23. The summed E-state index contributed by atoms with van der Waals surface area (Å²) in [6, 6.07) is 4.22. The molecule has 0 aromatic carbocycles. The van der Waals surface area contributed by atoms with Gasteiger partial charge in [-0.05, 0) is 31.5 Å². The molecule has 0 aliphatic carbocycles. The van der Waals surface area contributed by atoms with E-state index in [0.29, 0.717) is 12.5 Å². The number of thiazole rings is 1. The fourth-order valence-corrected chi connectivity index (χ4v) is 3.73. The Kier molecular flexibility index (Phi) is 9.35. The molecular weight excluding hydrogens is 379 g/mol. The maximum absolute atomic E-state index is 12.7. The van der Waals surface area contributed by atoms with E-state index in [1.807, 2.05) is 22.4 Å². The largest absolute Gasteiger partial charge is 0.338 e. The summed E-state index contributed by atoms with van der Waals surface area (Å²) in [6.45, 7) is 4.85. The second-order valence-electron chi connectivity index (χ2n) is 5.80. The normalized spacial score (nSPS) is 16.0. The van der Waals surface area contributed by atoms with Crippen molar-refractivity contribution in [1.29, 1.82) is 0 Å². The average Bonchev–Trinajstić information content (AvgIpc) is 3.25. The van der Waals surface area contributed by atoms with Crippen LogP contribution in [0.15, 0.2) is 29.9 Å². The van der Waals surface area contributed by atoms with Crippen molar-refractivity contribution >= 4 is 42.1 Å². The number of hydrogen-bond acceptors (Lipinski definition) is 5. The van der Waals surface area contributed by atoms with Crippen LogP contribution in [-0.4, -0.2) is 46.5 Å². The zero-order chi connectivity index (χ0) is 16.1. The van der Waals surface area contributed by atoms with Crippen LogP contribution in [0.1, 0.15) is 25.5 Å². The molecule has 138 valence electrons. The number of halogens is 2. The molecule has 2 aromatic rings. The number of nitrogens with one attached hydrogen (secondary N) is 1. The van der Waals surface area contributed by atoms with Crippen molar-refractivity contribution in [3.63, 3.8) is 0 Å². The minimum absolute atomic E-state index is 0. The quantitative estimate of drug-likeness (QED) is 0.805. The molecule has 3 rings (SSSR count). The van der Waals surface area contributed by atoms with E-state index >= 15 is 0 Å². The van der Waals surface area contributed by atoms with Crippen molar-refractivity contribution in [2.75, 3.05) is 19.6 Å².